The summed E-state index contributed by atoms with van der Waals surface area (Å²) in [5.74, 6) is 1.99. The number of alkyl halides is 1. The van der Waals surface area contributed by atoms with E-state index in [1.807, 2.05) is 24.3 Å². The minimum absolute atomic E-state index is 0.0151. The van der Waals surface area contributed by atoms with Gasteiger partial charge in [0.2, 0.25) is 0 Å². The zero-order chi connectivity index (χ0) is 15.6. The van der Waals surface area contributed by atoms with Crippen LogP contribution in [0.1, 0.15) is 37.5 Å². The first-order chi connectivity index (χ1) is 9.81. The predicted molar refractivity (Wildman–Crippen MR) is 91.0 cm³/mol. The van der Waals surface area contributed by atoms with Crippen LogP contribution in [-0.2, 0) is 11.3 Å². The summed E-state index contributed by atoms with van der Waals surface area (Å²) < 4.78 is 6.04. The Kier molecular flexibility index (Phi) is 4.85. The van der Waals surface area contributed by atoms with Crippen molar-refractivity contribution in [3.63, 3.8) is 0 Å². The van der Waals surface area contributed by atoms with Gasteiger partial charge in [-0.05, 0) is 36.1 Å². The molecule has 0 aliphatic carbocycles. The number of aryl methyl sites for hydroxylation is 1. The molecule has 0 fully saturated rings. The molecule has 0 radical (unpaired) electrons. The molecule has 3 heteroatoms. The normalized spacial score (nSPS) is 11.5. The van der Waals surface area contributed by atoms with E-state index >= 15 is 0 Å². The predicted octanol–water partition coefficient (Wildman–Crippen LogP) is 6.48. The summed E-state index contributed by atoms with van der Waals surface area (Å²) in [6, 6.07) is 11.8. The molecule has 2 aromatic rings. The first-order valence-electron chi connectivity index (χ1n) is 6.94. The Morgan fingerprint density at radius 2 is 1.76 bits per heavy atom. The third-order valence-corrected chi connectivity index (χ3v) is 3.98. The van der Waals surface area contributed by atoms with Crippen LogP contribution < -0.4 is 4.74 Å². The molecular weight excluding hydrogens is 303 g/mol. The van der Waals surface area contributed by atoms with E-state index in [2.05, 4.69) is 39.8 Å². The van der Waals surface area contributed by atoms with Gasteiger partial charge in [0, 0.05) is 16.5 Å². The second-order valence-corrected chi connectivity index (χ2v) is 6.91. The molecule has 0 heterocycles. The number of ether oxygens (including phenoxy) is 1. The minimum atomic E-state index is 0.0151. The molecule has 2 rings (SSSR count). The van der Waals surface area contributed by atoms with Crippen LogP contribution in [0.2, 0.25) is 5.02 Å². The number of benzene rings is 2. The monoisotopic (exact) mass is 322 g/mol. The lowest BCUT2D eigenvalue weighted by Gasteiger charge is -2.23. The molecule has 2 aromatic carbocycles. The zero-order valence-corrected chi connectivity index (χ0v) is 14.3. The maximum absolute atomic E-state index is 6.19. The van der Waals surface area contributed by atoms with Gasteiger partial charge in [0.05, 0.1) is 0 Å². The quantitative estimate of drug-likeness (QED) is 0.588. The lowest BCUT2D eigenvalue weighted by atomic mass is 9.85. The molecule has 0 saturated carbocycles. The third kappa shape index (κ3) is 3.93. The summed E-state index contributed by atoms with van der Waals surface area (Å²) in [6.45, 7) is 8.62. The molecule has 0 aliphatic rings. The lowest BCUT2D eigenvalue weighted by molar-refractivity contribution is 0.455. The second-order valence-electron chi connectivity index (χ2n) is 6.24. The van der Waals surface area contributed by atoms with Gasteiger partial charge in [-0.2, -0.15) is 0 Å². The van der Waals surface area contributed by atoms with E-state index in [4.69, 9.17) is 27.9 Å². The van der Waals surface area contributed by atoms with Gasteiger partial charge in [-0.15, -0.1) is 11.6 Å². The van der Waals surface area contributed by atoms with E-state index < -0.39 is 0 Å². The number of halogens is 2. The molecule has 0 bridgehead atoms. The Bertz CT molecular complexity index is 642. The van der Waals surface area contributed by atoms with Crippen molar-refractivity contribution in [3.8, 4) is 11.5 Å². The van der Waals surface area contributed by atoms with Gasteiger partial charge in [0.25, 0.3) is 0 Å². The van der Waals surface area contributed by atoms with Gasteiger partial charge < -0.3 is 4.74 Å². The molecular formula is C18H20Cl2O. The Labute approximate surface area is 136 Å². The molecule has 0 saturated heterocycles. The summed E-state index contributed by atoms with van der Waals surface area (Å²) in [5, 5.41) is 0.631. The van der Waals surface area contributed by atoms with Crippen molar-refractivity contribution < 1.29 is 4.74 Å². The fourth-order valence-corrected chi connectivity index (χ4v) is 2.68. The summed E-state index contributed by atoms with van der Waals surface area (Å²) >= 11 is 12.0. The largest absolute Gasteiger partial charge is 0.457 e. The summed E-state index contributed by atoms with van der Waals surface area (Å²) in [6.07, 6.45) is 0. The van der Waals surface area contributed by atoms with Gasteiger partial charge >= 0.3 is 0 Å². The van der Waals surface area contributed by atoms with E-state index in [-0.39, 0.29) is 5.41 Å². The molecule has 0 atom stereocenters. The van der Waals surface area contributed by atoms with Gasteiger partial charge in [-0.1, -0.05) is 56.1 Å². The Morgan fingerprint density at radius 1 is 1.05 bits per heavy atom. The van der Waals surface area contributed by atoms with E-state index in [0.29, 0.717) is 10.9 Å². The molecule has 21 heavy (non-hydrogen) atoms. The average molecular weight is 323 g/mol. The minimum Gasteiger partial charge on any atom is -0.457 e. The van der Waals surface area contributed by atoms with E-state index in [9.17, 15) is 0 Å². The van der Waals surface area contributed by atoms with Crippen molar-refractivity contribution in [2.75, 3.05) is 0 Å². The standard InChI is InChI=1S/C18H20Cl2O/c1-12-5-8-17(15(9-12)18(2,3)4)21-14-7-6-13(11-19)16(20)10-14/h5-10H,11H2,1-4H3. The molecule has 0 spiro atoms. The maximum Gasteiger partial charge on any atom is 0.131 e. The highest BCUT2D eigenvalue weighted by Gasteiger charge is 2.19. The first-order valence-corrected chi connectivity index (χ1v) is 7.86. The molecule has 1 nitrogen and oxygen atoms in total. The molecule has 0 aromatic heterocycles. The number of hydrogen-bond donors (Lipinski definition) is 0. The van der Waals surface area contributed by atoms with Gasteiger partial charge in [0.15, 0.2) is 0 Å². The van der Waals surface area contributed by atoms with Crippen LogP contribution in [0.4, 0.5) is 0 Å². The van der Waals surface area contributed by atoms with Crippen molar-refractivity contribution >= 4 is 23.2 Å². The van der Waals surface area contributed by atoms with Crippen LogP contribution >= 0.6 is 23.2 Å². The van der Waals surface area contributed by atoms with Crippen LogP contribution in [0, 0.1) is 6.92 Å². The lowest BCUT2D eigenvalue weighted by Crippen LogP contribution is -2.12. The zero-order valence-electron chi connectivity index (χ0n) is 12.8. The van der Waals surface area contributed by atoms with Crippen LogP contribution in [0.3, 0.4) is 0 Å². The van der Waals surface area contributed by atoms with Gasteiger partial charge in [0.1, 0.15) is 11.5 Å². The molecule has 112 valence electrons. The van der Waals surface area contributed by atoms with Crippen LogP contribution in [0.25, 0.3) is 0 Å². The molecule has 0 aliphatic heterocycles. The van der Waals surface area contributed by atoms with Crippen molar-refractivity contribution in [3.05, 3.63) is 58.1 Å². The summed E-state index contributed by atoms with van der Waals surface area (Å²) in [7, 11) is 0. The van der Waals surface area contributed by atoms with Crippen molar-refractivity contribution in [2.45, 2.75) is 39.0 Å². The second kappa shape index (κ2) is 6.29. The third-order valence-electron chi connectivity index (χ3n) is 3.34. The summed E-state index contributed by atoms with van der Waals surface area (Å²) in [5.41, 5.74) is 3.33. The highest BCUT2D eigenvalue weighted by Crippen LogP contribution is 2.36. The first kappa shape index (κ1) is 16.2. The van der Waals surface area contributed by atoms with Crippen LogP contribution in [0.15, 0.2) is 36.4 Å². The summed E-state index contributed by atoms with van der Waals surface area (Å²) in [4.78, 5) is 0. The number of hydrogen-bond acceptors (Lipinski definition) is 1. The number of rotatable bonds is 3. The fourth-order valence-electron chi connectivity index (χ4n) is 2.15. The van der Waals surface area contributed by atoms with Crippen molar-refractivity contribution in [2.24, 2.45) is 0 Å². The van der Waals surface area contributed by atoms with E-state index in [0.717, 1.165) is 17.1 Å². The Morgan fingerprint density at radius 3 is 2.33 bits per heavy atom. The molecule has 0 N–H and O–H groups in total. The SMILES string of the molecule is Cc1ccc(Oc2ccc(CCl)c(Cl)c2)c(C(C)(C)C)c1. The fraction of sp³-hybridized carbons (Fsp3) is 0.333. The smallest absolute Gasteiger partial charge is 0.131 e. The van der Waals surface area contributed by atoms with Crippen molar-refractivity contribution in [1.29, 1.82) is 0 Å². The molecule has 0 amide bonds. The van der Waals surface area contributed by atoms with Crippen LogP contribution in [0.5, 0.6) is 11.5 Å². The van der Waals surface area contributed by atoms with Crippen molar-refractivity contribution in [1.82, 2.24) is 0 Å². The highest BCUT2D eigenvalue weighted by molar-refractivity contribution is 6.32. The maximum atomic E-state index is 6.19. The van der Waals surface area contributed by atoms with E-state index in [1.54, 1.807) is 0 Å². The van der Waals surface area contributed by atoms with Gasteiger partial charge in [-0.3, -0.25) is 0 Å². The van der Waals surface area contributed by atoms with Gasteiger partial charge in [-0.25, -0.2) is 0 Å². The van der Waals surface area contributed by atoms with E-state index in [1.165, 1.54) is 11.1 Å². The van der Waals surface area contributed by atoms with Crippen LogP contribution in [-0.4, -0.2) is 0 Å². The Balaban J connectivity index is 2.38. The highest BCUT2D eigenvalue weighted by atomic mass is 35.5. The molecule has 0 unspecified atom stereocenters. The topological polar surface area (TPSA) is 9.23 Å². The Hall–Kier alpha value is -1.18. The average Bonchev–Trinajstić information content (AvgIpc) is 2.40.